The summed E-state index contributed by atoms with van der Waals surface area (Å²) in [5.74, 6) is 2.47. The number of ether oxygens (including phenoxy) is 1. The van der Waals surface area contributed by atoms with Gasteiger partial charge in [-0.25, -0.2) is 0 Å². The minimum Gasteiger partial charge on any atom is -0.455 e. The number of allylic oxidation sites excluding steroid dienone is 7. The predicted octanol–water partition coefficient (Wildman–Crippen LogP) is 22.6. The molecule has 4 aliphatic carbocycles. The van der Waals surface area contributed by atoms with Crippen LogP contribution in [0.2, 0.25) is 0 Å². The average Bonchev–Trinajstić information content (AvgIpc) is 1.64. The smallest absolute Gasteiger partial charge is 0.142 e. The lowest BCUT2D eigenvalue weighted by Gasteiger charge is -2.55. The molecule has 5 nitrogen and oxygen atoms in total. The monoisotopic (exact) mass is 1230 g/mol. The van der Waals surface area contributed by atoms with Crippen molar-refractivity contribution in [2.75, 3.05) is 19.6 Å². The summed E-state index contributed by atoms with van der Waals surface area (Å²) < 4.78 is 8.65. The van der Waals surface area contributed by atoms with Crippen LogP contribution in [0.25, 0.3) is 22.3 Å². The average molecular weight is 1230 g/mol. The molecule has 0 saturated carbocycles. The van der Waals surface area contributed by atoms with E-state index in [1.54, 1.807) is 0 Å². The van der Waals surface area contributed by atoms with Crippen LogP contribution < -0.4 is 40.3 Å². The van der Waals surface area contributed by atoms with Crippen molar-refractivity contribution in [3.8, 4) is 33.8 Å². The Morgan fingerprint density at radius 2 is 0.892 bits per heavy atom. The van der Waals surface area contributed by atoms with Crippen LogP contribution in [0.1, 0.15) is 168 Å². The SMILES string of the molecule is CC1=CC=C(N(c2ccc(C)cc2)c2ccc3c(c2)C(C)(C)c2c4c5c6c(c2-3)C(C)(C)c2cc(C)ccc2N6c2cc(C)cc3c2P5c2c(c5c(c6c2N3c2ccc(C)cc2C6(C)C)-c2ccc(N(C3=CCC(C)(C)C=C3)c3ccc(C)cc3)cc2C5(C)C)O4)C(C)C1. The van der Waals surface area contributed by atoms with Gasteiger partial charge in [0.15, 0.2) is 0 Å². The number of aryl methyl sites for hydroxylation is 5. The van der Waals surface area contributed by atoms with E-state index < -0.39 is 29.6 Å². The molecule has 5 heterocycles. The molecule has 93 heavy (non-hydrogen) atoms. The van der Waals surface area contributed by atoms with E-state index in [1.165, 1.54) is 179 Å². The second-order valence-corrected chi connectivity index (χ2v) is 33.8. The molecule has 0 fully saturated rings. The Morgan fingerprint density at radius 1 is 0.441 bits per heavy atom. The molecule has 0 radical (unpaired) electrons. The normalized spacial score (nSPS) is 20.0. The second kappa shape index (κ2) is 18.6. The van der Waals surface area contributed by atoms with Crippen LogP contribution in [0.4, 0.5) is 56.9 Å². The van der Waals surface area contributed by atoms with Crippen LogP contribution in [0, 0.1) is 46.0 Å². The third-order valence-corrected chi connectivity index (χ3v) is 25.8. The van der Waals surface area contributed by atoms with Crippen LogP contribution in [0.3, 0.4) is 0 Å². The van der Waals surface area contributed by atoms with E-state index in [2.05, 4.69) is 301 Å². The Labute approximate surface area is 552 Å². The predicted molar refractivity (Wildman–Crippen MR) is 393 cm³/mol. The summed E-state index contributed by atoms with van der Waals surface area (Å²) in [6.07, 6.45) is 13.9. The molecule has 9 aromatic rings. The van der Waals surface area contributed by atoms with E-state index in [9.17, 15) is 0 Å². The largest absolute Gasteiger partial charge is 0.455 e. The highest BCUT2D eigenvalue weighted by Gasteiger charge is 2.60. The Bertz CT molecular complexity index is 5080. The van der Waals surface area contributed by atoms with Crippen LogP contribution >= 0.6 is 7.92 Å². The molecule has 0 bridgehead atoms. The molecular weight excluding hydrogens is 1150 g/mol. The molecule has 0 spiro atoms. The van der Waals surface area contributed by atoms with E-state index in [-0.39, 0.29) is 5.41 Å². The van der Waals surface area contributed by atoms with Gasteiger partial charge in [-0.3, -0.25) is 0 Å². The minimum absolute atomic E-state index is 0.0887. The number of fused-ring (bicyclic) bond motifs is 16. The van der Waals surface area contributed by atoms with E-state index in [0.29, 0.717) is 5.92 Å². The van der Waals surface area contributed by atoms with Crippen molar-refractivity contribution in [2.24, 2.45) is 11.3 Å². The van der Waals surface area contributed by atoms with Gasteiger partial charge < -0.3 is 24.3 Å². The third kappa shape index (κ3) is 7.44. The van der Waals surface area contributed by atoms with E-state index in [1.807, 2.05) is 0 Å². The lowest BCUT2D eigenvalue weighted by molar-refractivity contribution is 0.454. The molecule has 0 saturated heterocycles. The van der Waals surface area contributed by atoms with Gasteiger partial charge in [0, 0.05) is 86.1 Å². The first-order valence-corrected chi connectivity index (χ1v) is 35.4. The van der Waals surface area contributed by atoms with Crippen LogP contribution in [0.15, 0.2) is 181 Å². The molecule has 9 aromatic carbocycles. The van der Waals surface area contributed by atoms with Crippen molar-refractivity contribution in [1.82, 2.24) is 0 Å². The molecule has 2 atom stereocenters. The molecule has 0 amide bonds. The maximum Gasteiger partial charge on any atom is 0.142 e. The Kier molecular flexibility index (Phi) is 11.4. The standard InChI is InChI=1S/C87H83N4OP/c1-47-18-25-54(26-19-47)88(56-36-38-83(8,9)39-37-56)57-29-31-59-61(45-57)84(10,11)74-70(59)72-76-81-78(74)92-79-75-71(60-32-30-58(46-62(60)85(75,12)13)89(55-27-20-48(2)21-28-55)65-33-22-49(3)40-53(65)7)73-77-82(79)93(81)80-68(90(76)66-34-23-50(4)41-63(66)86(72,14)15)43-52(6)44-69(80)91(77)67-35-24-51(5)42-64(67)87(73,16)17/h18-38,41-46,53H,39-40H2,1-17H3. The van der Waals surface area contributed by atoms with Gasteiger partial charge in [-0.2, -0.15) is 0 Å². The summed E-state index contributed by atoms with van der Waals surface area (Å²) >= 11 is 0. The lowest BCUT2D eigenvalue weighted by atomic mass is 9.68. The molecule has 5 aliphatic heterocycles. The summed E-state index contributed by atoms with van der Waals surface area (Å²) in [6.45, 7) is 40.8. The molecule has 18 rings (SSSR count). The number of rotatable bonds is 6. The maximum absolute atomic E-state index is 8.65. The molecule has 9 aliphatic rings. The van der Waals surface area contributed by atoms with Crippen molar-refractivity contribution in [1.29, 1.82) is 0 Å². The van der Waals surface area contributed by atoms with Crippen molar-refractivity contribution >= 4 is 80.7 Å². The quantitative estimate of drug-likeness (QED) is 0.154. The fourth-order valence-corrected chi connectivity index (χ4v) is 21.6. The summed E-state index contributed by atoms with van der Waals surface area (Å²) in [4.78, 5) is 10.5. The number of anilines is 10. The summed E-state index contributed by atoms with van der Waals surface area (Å²) in [6, 6.07) is 52.9. The zero-order chi connectivity index (χ0) is 64.4. The minimum atomic E-state index is -1.25. The van der Waals surface area contributed by atoms with E-state index in [4.69, 9.17) is 4.74 Å². The van der Waals surface area contributed by atoms with Crippen LogP contribution in [0.5, 0.6) is 11.5 Å². The Balaban J connectivity index is 0.946. The zero-order valence-corrected chi connectivity index (χ0v) is 58.1. The zero-order valence-electron chi connectivity index (χ0n) is 57.2. The van der Waals surface area contributed by atoms with Gasteiger partial charge in [0.05, 0.1) is 44.7 Å². The van der Waals surface area contributed by atoms with Crippen molar-refractivity contribution in [2.45, 2.75) is 152 Å². The van der Waals surface area contributed by atoms with Crippen LogP contribution in [-0.4, -0.2) is 0 Å². The van der Waals surface area contributed by atoms with Gasteiger partial charge in [-0.05, 0) is 206 Å². The Morgan fingerprint density at radius 3 is 1.37 bits per heavy atom. The van der Waals surface area contributed by atoms with Crippen LogP contribution in [-0.2, 0) is 21.7 Å². The highest BCUT2D eigenvalue weighted by Crippen LogP contribution is 2.74. The maximum atomic E-state index is 8.65. The van der Waals surface area contributed by atoms with E-state index in [0.717, 1.165) is 30.0 Å². The second-order valence-electron chi connectivity index (χ2n) is 31.8. The summed E-state index contributed by atoms with van der Waals surface area (Å²) in [5, 5.41) is 4.19. The van der Waals surface area contributed by atoms with Gasteiger partial charge in [-0.1, -0.05) is 183 Å². The summed E-state index contributed by atoms with van der Waals surface area (Å²) in [5.41, 5.74) is 37.3. The molecule has 6 heteroatoms. The molecule has 2 unspecified atom stereocenters. The number of hydrogen-bond donors (Lipinski definition) is 0. The highest BCUT2D eigenvalue weighted by atomic mass is 31.1. The first-order chi connectivity index (χ1) is 44.3. The fourth-order valence-electron chi connectivity index (χ4n) is 18.5. The van der Waals surface area contributed by atoms with Crippen molar-refractivity contribution in [3.05, 3.63) is 253 Å². The number of benzene rings is 9. The first-order valence-electron chi connectivity index (χ1n) is 34.0. The fraction of sp³-hybridized carbons (Fsp3) is 0.287. The van der Waals surface area contributed by atoms with Gasteiger partial charge in [0.2, 0.25) is 0 Å². The highest BCUT2D eigenvalue weighted by molar-refractivity contribution is 7.82. The van der Waals surface area contributed by atoms with Gasteiger partial charge >= 0.3 is 0 Å². The lowest BCUT2D eigenvalue weighted by Crippen LogP contribution is -2.49. The Hall–Kier alpha value is -8.63. The third-order valence-electron chi connectivity index (χ3n) is 23.2. The summed E-state index contributed by atoms with van der Waals surface area (Å²) in [7, 11) is -1.25. The number of nitrogens with zero attached hydrogens (tertiary/aromatic N) is 4. The molecule has 0 N–H and O–H groups in total. The first kappa shape index (κ1) is 57.1. The van der Waals surface area contributed by atoms with Crippen molar-refractivity contribution in [3.63, 3.8) is 0 Å². The molecule has 0 aromatic heterocycles. The van der Waals surface area contributed by atoms with Crippen molar-refractivity contribution < 1.29 is 4.74 Å². The molecule has 462 valence electrons. The van der Waals surface area contributed by atoms with Gasteiger partial charge in [0.25, 0.3) is 0 Å². The molecular formula is C87H83N4OP. The van der Waals surface area contributed by atoms with E-state index >= 15 is 0 Å². The van der Waals surface area contributed by atoms with Gasteiger partial charge in [-0.15, -0.1) is 0 Å². The van der Waals surface area contributed by atoms with Gasteiger partial charge in [0.1, 0.15) is 11.5 Å². The topological polar surface area (TPSA) is 22.2 Å². The number of hydrogen-bond acceptors (Lipinski definition) is 5.